The van der Waals surface area contributed by atoms with E-state index >= 15 is 0 Å². The number of halogens is 1. The lowest BCUT2D eigenvalue weighted by atomic mass is 10.1. The molecule has 3 rings (SSSR count). The van der Waals surface area contributed by atoms with Crippen molar-refractivity contribution in [2.75, 3.05) is 13.7 Å². The van der Waals surface area contributed by atoms with E-state index < -0.39 is 5.82 Å². The van der Waals surface area contributed by atoms with Gasteiger partial charge in [0.2, 0.25) is 0 Å². The highest BCUT2D eigenvalue weighted by molar-refractivity contribution is 5.94. The van der Waals surface area contributed by atoms with Crippen molar-refractivity contribution in [3.8, 4) is 11.5 Å². The van der Waals surface area contributed by atoms with Crippen molar-refractivity contribution in [1.82, 2.24) is 5.32 Å². The van der Waals surface area contributed by atoms with Gasteiger partial charge in [0.25, 0.3) is 5.91 Å². The molecule has 1 aliphatic rings. The molecular formula is C17H16FNO3. The van der Waals surface area contributed by atoms with Gasteiger partial charge in [-0.25, -0.2) is 4.39 Å². The molecule has 0 aromatic heterocycles. The van der Waals surface area contributed by atoms with Crippen LogP contribution in [0.3, 0.4) is 0 Å². The van der Waals surface area contributed by atoms with Crippen LogP contribution < -0.4 is 14.8 Å². The van der Waals surface area contributed by atoms with E-state index in [1.807, 2.05) is 18.2 Å². The van der Waals surface area contributed by atoms with Crippen LogP contribution in [0, 0.1) is 5.82 Å². The van der Waals surface area contributed by atoms with Crippen LogP contribution in [0.2, 0.25) is 0 Å². The number of hydrogen-bond acceptors (Lipinski definition) is 3. The maximum Gasteiger partial charge on any atom is 0.251 e. The normalized spacial score (nSPS) is 15.8. The largest absolute Gasteiger partial charge is 0.497 e. The first-order valence-corrected chi connectivity index (χ1v) is 7.03. The maximum atomic E-state index is 13.1. The molecule has 1 aliphatic heterocycles. The summed E-state index contributed by atoms with van der Waals surface area (Å²) in [5, 5.41) is 2.77. The molecule has 0 saturated carbocycles. The summed E-state index contributed by atoms with van der Waals surface area (Å²) in [7, 11) is 1.62. The minimum absolute atomic E-state index is 0.125. The highest BCUT2D eigenvalue weighted by atomic mass is 19.1. The van der Waals surface area contributed by atoms with Crippen LogP contribution in [0.5, 0.6) is 11.5 Å². The minimum atomic E-state index is -0.427. The number of fused-ring (bicyclic) bond motifs is 1. The van der Waals surface area contributed by atoms with E-state index in [4.69, 9.17) is 9.47 Å². The van der Waals surface area contributed by atoms with Crippen LogP contribution in [0.15, 0.2) is 42.5 Å². The smallest absolute Gasteiger partial charge is 0.251 e. The van der Waals surface area contributed by atoms with Gasteiger partial charge in [0.05, 0.1) is 13.7 Å². The van der Waals surface area contributed by atoms with E-state index in [0.717, 1.165) is 17.1 Å². The zero-order chi connectivity index (χ0) is 15.5. The molecule has 4 nitrogen and oxygen atoms in total. The molecule has 5 heteroatoms. The Morgan fingerprint density at radius 1 is 1.36 bits per heavy atom. The van der Waals surface area contributed by atoms with Gasteiger partial charge in [0.15, 0.2) is 0 Å². The molecule has 1 atom stereocenters. The zero-order valence-corrected chi connectivity index (χ0v) is 12.1. The first-order chi connectivity index (χ1) is 10.7. The predicted molar refractivity (Wildman–Crippen MR) is 79.8 cm³/mol. The standard InChI is InChI=1S/C17H16FNO3/c1-21-14-5-6-16-12(8-14)9-15(22-16)10-19-17(20)11-3-2-4-13(18)7-11/h2-8,15H,9-10H2,1H3,(H,19,20)/t15-/m0/s1. The fourth-order valence-corrected chi connectivity index (χ4v) is 2.48. The van der Waals surface area contributed by atoms with E-state index in [2.05, 4.69) is 5.32 Å². The van der Waals surface area contributed by atoms with Gasteiger partial charge in [0, 0.05) is 17.5 Å². The molecule has 0 spiro atoms. The van der Waals surface area contributed by atoms with Crippen molar-refractivity contribution in [3.05, 3.63) is 59.4 Å². The number of amides is 1. The van der Waals surface area contributed by atoms with Gasteiger partial charge in [-0.15, -0.1) is 0 Å². The Morgan fingerprint density at radius 2 is 2.23 bits per heavy atom. The van der Waals surface area contributed by atoms with Gasteiger partial charge in [-0.2, -0.15) is 0 Å². The van der Waals surface area contributed by atoms with E-state index in [1.165, 1.54) is 18.2 Å². The van der Waals surface area contributed by atoms with Crippen molar-refractivity contribution in [1.29, 1.82) is 0 Å². The van der Waals surface area contributed by atoms with E-state index in [1.54, 1.807) is 13.2 Å². The molecule has 0 radical (unpaired) electrons. The average Bonchev–Trinajstić information content (AvgIpc) is 2.94. The minimum Gasteiger partial charge on any atom is -0.497 e. The summed E-state index contributed by atoms with van der Waals surface area (Å²) < 4.78 is 24.1. The average molecular weight is 301 g/mol. The van der Waals surface area contributed by atoms with Crippen molar-refractivity contribution >= 4 is 5.91 Å². The fourth-order valence-electron chi connectivity index (χ4n) is 2.48. The van der Waals surface area contributed by atoms with Crippen molar-refractivity contribution in [2.24, 2.45) is 0 Å². The molecule has 114 valence electrons. The molecule has 0 saturated heterocycles. The SMILES string of the molecule is COc1ccc2c(c1)C[C@@H](CNC(=O)c1cccc(F)c1)O2. The number of rotatable bonds is 4. The number of carbonyl (C=O) groups excluding carboxylic acids is 1. The topological polar surface area (TPSA) is 47.6 Å². The third-order valence-electron chi connectivity index (χ3n) is 3.59. The summed E-state index contributed by atoms with van der Waals surface area (Å²) in [5.74, 6) is 0.860. The monoisotopic (exact) mass is 301 g/mol. The molecule has 0 aliphatic carbocycles. The number of methoxy groups -OCH3 is 1. The number of hydrogen-bond donors (Lipinski definition) is 1. The fraction of sp³-hybridized carbons (Fsp3) is 0.235. The van der Waals surface area contributed by atoms with Crippen molar-refractivity contribution < 1.29 is 18.7 Å². The number of ether oxygens (including phenoxy) is 2. The van der Waals surface area contributed by atoms with E-state index in [9.17, 15) is 9.18 Å². The highest BCUT2D eigenvalue weighted by Crippen LogP contribution is 2.31. The molecule has 1 amide bonds. The van der Waals surface area contributed by atoms with Gasteiger partial charge >= 0.3 is 0 Å². The summed E-state index contributed by atoms with van der Waals surface area (Å²) in [5.41, 5.74) is 1.36. The second-order valence-corrected chi connectivity index (χ2v) is 5.14. The number of carbonyl (C=O) groups is 1. The first-order valence-electron chi connectivity index (χ1n) is 7.03. The molecule has 0 bridgehead atoms. The van der Waals surface area contributed by atoms with Crippen molar-refractivity contribution in [2.45, 2.75) is 12.5 Å². The van der Waals surface area contributed by atoms with Gasteiger partial charge in [-0.3, -0.25) is 4.79 Å². The van der Waals surface area contributed by atoms with Crippen LogP contribution in [0.1, 0.15) is 15.9 Å². The van der Waals surface area contributed by atoms with Crippen molar-refractivity contribution in [3.63, 3.8) is 0 Å². The maximum absolute atomic E-state index is 13.1. The van der Waals surface area contributed by atoms with Crippen LogP contribution >= 0.6 is 0 Å². The second kappa shape index (κ2) is 6.05. The Bertz CT molecular complexity index is 702. The summed E-state index contributed by atoms with van der Waals surface area (Å²) in [6.07, 6.45) is 0.579. The lowest BCUT2D eigenvalue weighted by Gasteiger charge is -2.12. The third-order valence-corrected chi connectivity index (χ3v) is 3.59. The number of benzene rings is 2. The summed E-state index contributed by atoms with van der Waals surface area (Å²) in [4.78, 5) is 12.0. The second-order valence-electron chi connectivity index (χ2n) is 5.14. The van der Waals surface area contributed by atoms with Crippen LogP contribution in [-0.2, 0) is 6.42 Å². The Balaban J connectivity index is 1.58. The lowest BCUT2D eigenvalue weighted by Crippen LogP contribution is -2.34. The van der Waals surface area contributed by atoms with E-state index in [0.29, 0.717) is 18.5 Å². The molecule has 2 aromatic carbocycles. The lowest BCUT2D eigenvalue weighted by molar-refractivity contribution is 0.0933. The Hall–Kier alpha value is -2.56. The highest BCUT2D eigenvalue weighted by Gasteiger charge is 2.23. The predicted octanol–water partition coefficient (Wildman–Crippen LogP) is 2.57. The summed E-state index contributed by atoms with van der Waals surface area (Å²) in [6, 6.07) is 11.2. The molecule has 2 aromatic rings. The molecule has 1 heterocycles. The third kappa shape index (κ3) is 3.03. The van der Waals surface area contributed by atoms with Gasteiger partial charge in [0.1, 0.15) is 23.4 Å². The Kier molecular flexibility index (Phi) is 3.96. The zero-order valence-electron chi connectivity index (χ0n) is 12.1. The molecule has 0 fully saturated rings. The Labute approximate surface area is 127 Å². The molecule has 1 N–H and O–H groups in total. The van der Waals surface area contributed by atoms with Gasteiger partial charge in [-0.05, 0) is 36.4 Å². The molecular weight excluding hydrogens is 285 g/mol. The van der Waals surface area contributed by atoms with Gasteiger partial charge in [-0.1, -0.05) is 6.07 Å². The molecule has 0 unspecified atom stereocenters. The van der Waals surface area contributed by atoms with Crippen LogP contribution in [0.25, 0.3) is 0 Å². The van der Waals surface area contributed by atoms with Gasteiger partial charge < -0.3 is 14.8 Å². The molecule has 22 heavy (non-hydrogen) atoms. The first kappa shape index (κ1) is 14.4. The summed E-state index contributed by atoms with van der Waals surface area (Å²) in [6.45, 7) is 0.367. The Morgan fingerprint density at radius 3 is 3.00 bits per heavy atom. The quantitative estimate of drug-likeness (QED) is 0.944. The summed E-state index contributed by atoms with van der Waals surface area (Å²) >= 11 is 0. The van der Waals surface area contributed by atoms with Crippen LogP contribution in [0.4, 0.5) is 4.39 Å². The number of nitrogens with one attached hydrogen (secondary N) is 1. The van der Waals surface area contributed by atoms with E-state index in [-0.39, 0.29) is 12.0 Å². The van der Waals surface area contributed by atoms with Crippen LogP contribution in [-0.4, -0.2) is 25.7 Å².